The number of hydrogen-bond acceptors (Lipinski definition) is 11. The summed E-state index contributed by atoms with van der Waals surface area (Å²) in [7, 11) is -2.46. The van der Waals surface area contributed by atoms with Gasteiger partial charge < -0.3 is 28.1 Å². The van der Waals surface area contributed by atoms with E-state index >= 15 is 0 Å². The monoisotopic (exact) mass is 607 g/mol. The molecule has 1 saturated heterocycles. The second kappa shape index (κ2) is 14.2. The predicted molar refractivity (Wildman–Crippen MR) is 154 cm³/mol. The van der Waals surface area contributed by atoms with Crippen molar-refractivity contribution in [3.63, 3.8) is 0 Å². The van der Waals surface area contributed by atoms with E-state index in [0.29, 0.717) is 0 Å². The van der Waals surface area contributed by atoms with Gasteiger partial charge in [0.2, 0.25) is 0 Å². The van der Waals surface area contributed by atoms with Crippen molar-refractivity contribution in [3.05, 3.63) is 39.9 Å². The smallest absolute Gasteiger partial charge is 0.338 e. The molecule has 7 atom stereocenters. The maximum Gasteiger partial charge on any atom is 0.338 e. The second-order valence-electron chi connectivity index (χ2n) is 11.7. The number of nitro benzene ring substituents is 1. The van der Waals surface area contributed by atoms with Gasteiger partial charge in [-0.05, 0) is 44.1 Å². The van der Waals surface area contributed by atoms with E-state index in [1.807, 2.05) is 33.9 Å². The average Bonchev–Trinajstić information content (AvgIpc) is 2.86. The number of nitro groups is 1. The minimum absolute atomic E-state index is 0.00122. The predicted octanol–water partition coefficient (Wildman–Crippen LogP) is 4.55. The van der Waals surface area contributed by atoms with Crippen LogP contribution in [0.2, 0.25) is 18.1 Å². The van der Waals surface area contributed by atoms with Crippen LogP contribution < -0.4 is 0 Å². The van der Waals surface area contributed by atoms with Crippen LogP contribution in [0.4, 0.5) is 5.69 Å². The highest BCUT2D eigenvalue weighted by Gasteiger charge is 2.46. The van der Waals surface area contributed by atoms with Crippen LogP contribution in [0, 0.1) is 22.5 Å². The highest BCUT2D eigenvalue weighted by Crippen LogP contribution is 2.38. The first-order valence-corrected chi connectivity index (χ1v) is 16.5. The largest absolute Gasteiger partial charge is 0.458 e. The van der Waals surface area contributed by atoms with Crippen molar-refractivity contribution >= 4 is 31.9 Å². The Balaban J connectivity index is 2.38. The van der Waals surface area contributed by atoms with Crippen molar-refractivity contribution in [2.24, 2.45) is 0 Å². The van der Waals surface area contributed by atoms with Crippen LogP contribution in [0.25, 0.3) is 0 Å². The fourth-order valence-corrected chi connectivity index (χ4v) is 5.29. The van der Waals surface area contributed by atoms with Crippen LogP contribution in [-0.2, 0) is 37.7 Å². The molecule has 42 heavy (non-hydrogen) atoms. The van der Waals surface area contributed by atoms with Crippen LogP contribution >= 0.6 is 0 Å². The molecule has 232 valence electrons. The summed E-state index contributed by atoms with van der Waals surface area (Å²) in [4.78, 5) is 46.9. The SMILES string of the molecule is C#C[C@H](O[Si](C)(C)C(C)(C)C)[C@H](O[C@H]1C[C@H](OC(C)=O)[C@H](OC(C)=O)[C@H](C)O1)[C@H](C)OC(=O)c1ccc([N+](=O)[O-])cc1. The molecule has 1 aliphatic heterocycles. The zero-order valence-electron chi connectivity index (χ0n) is 25.6. The van der Waals surface area contributed by atoms with E-state index in [4.69, 9.17) is 34.5 Å². The van der Waals surface area contributed by atoms with Crippen LogP contribution in [0.3, 0.4) is 0 Å². The summed E-state index contributed by atoms with van der Waals surface area (Å²) >= 11 is 0. The highest BCUT2D eigenvalue weighted by molar-refractivity contribution is 6.74. The van der Waals surface area contributed by atoms with Gasteiger partial charge in [0.25, 0.3) is 5.69 Å². The van der Waals surface area contributed by atoms with Crippen LogP contribution in [0.5, 0.6) is 0 Å². The molecular weight excluding hydrogens is 566 g/mol. The summed E-state index contributed by atoms with van der Waals surface area (Å²) in [6, 6.07) is 4.98. The molecule has 1 aliphatic rings. The van der Waals surface area contributed by atoms with Gasteiger partial charge in [0.05, 0.1) is 16.6 Å². The lowest BCUT2D eigenvalue weighted by atomic mass is 10.0. The summed E-state index contributed by atoms with van der Waals surface area (Å²) < 4.78 is 35.3. The molecule has 0 spiro atoms. The van der Waals surface area contributed by atoms with E-state index in [1.54, 1.807) is 13.8 Å². The molecule has 0 amide bonds. The highest BCUT2D eigenvalue weighted by atomic mass is 28.4. The molecule has 0 bridgehead atoms. The number of rotatable bonds is 11. The van der Waals surface area contributed by atoms with Crippen molar-refractivity contribution < 1.29 is 47.4 Å². The molecule has 1 aromatic rings. The first-order chi connectivity index (χ1) is 19.4. The number of benzene rings is 1. The number of hydrogen-bond donors (Lipinski definition) is 0. The lowest BCUT2D eigenvalue weighted by Gasteiger charge is -2.43. The van der Waals surface area contributed by atoms with Crippen molar-refractivity contribution in [1.29, 1.82) is 0 Å². The normalized spacial score (nSPS) is 23.0. The molecule has 0 unspecified atom stereocenters. The Hall–Kier alpha value is -3.31. The summed E-state index contributed by atoms with van der Waals surface area (Å²) in [5.41, 5.74) is -0.0793. The number of nitrogens with zero attached hydrogens (tertiary/aromatic N) is 1. The molecule has 1 aromatic carbocycles. The molecule has 12 nitrogen and oxygen atoms in total. The fraction of sp³-hybridized carbons (Fsp3) is 0.621. The van der Waals surface area contributed by atoms with Gasteiger partial charge in [0.15, 0.2) is 20.7 Å². The Morgan fingerprint density at radius 2 is 1.69 bits per heavy atom. The van der Waals surface area contributed by atoms with Crippen LogP contribution in [0.1, 0.15) is 65.2 Å². The Bertz CT molecular complexity index is 1170. The molecule has 13 heteroatoms. The summed E-state index contributed by atoms with van der Waals surface area (Å²) in [6.45, 7) is 15.9. The van der Waals surface area contributed by atoms with Crippen molar-refractivity contribution in [2.75, 3.05) is 0 Å². The molecular formula is C29H41NO11Si. The van der Waals surface area contributed by atoms with E-state index in [9.17, 15) is 24.5 Å². The number of esters is 3. The van der Waals surface area contributed by atoms with Crippen molar-refractivity contribution in [3.8, 4) is 12.3 Å². The van der Waals surface area contributed by atoms with Crippen molar-refractivity contribution in [1.82, 2.24) is 0 Å². The number of non-ortho nitro benzene ring substituents is 1. The third kappa shape index (κ3) is 9.35. The number of carbonyl (C=O) groups excluding carboxylic acids is 3. The Kier molecular flexibility index (Phi) is 11.8. The van der Waals surface area contributed by atoms with Crippen LogP contribution in [-0.4, -0.2) is 74.1 Å². The third-order valence-corrected chi connectivity index (χ3v) is 11.8. The fourth-order valence-electron chi connectivity index (χ4n) is 4.09. The first-order valence-electron chi connectivity index (χ1n) is 13.6. The zero-order valence-corrected chi connectivity index (χ0v) is 26.6. The van der Waals surface area contributed by atoms with Gasteiger partial charge >= 0.3 is 17.9 Å². The molecule has 0 aromatic heterocycles. The second-order valence-corrected chi connectivity index (χ2v) is 16.5. The average molecular weight is 608 g/mol. The molecule has 0 radical (unpaired) electrons. The minimum Gasteiger partial charge on any atom is -0.458 e. The molecule has 0 aliphatic carbocycles. The third-order valence-electron chi connectivity index (χ3n) is 7.31. The standard InChI is InChI=1S/C29H41NO11Si/c1-11-23(41-42(9,10)29(6,7)8)26(18(3)37-28(33)21-12-14-22(15-13-21)30(34)35)40-25-16-24(38-19(4)31)27(17(2)36-25)39-20(5)32/h1,12-15,17-18,23-27H,16H2,2-10H3/t17-,18-,23-,24-,25-,26+,27+/m0/s1. The summed E-state index contributed by atoms with van der Waals surface area (Å²) in [5, 5.41) is 10.8. The van der Waals surface area contributed by atoms with Gasteiger partial charge in [-0.15, -0.1) is 6.42 Å². The van der Waals surface area contributed by atoms with E-state index in [0.717, 1.165) is 0 Å². The van der Waals surface area contributed by atoms with Crippen LogP contribution in [0.15, 0.2) is 24.3 Å². The lowest BCUT2D eigenvalue weighted by Crippen LogP contribution is -2.55. The van der Waals surface area contributed by atoms with Gasteiger partial charge in [0.1, 0.15) is 24.4 Å². The maximum absolute atomic E-state index is 13.0. The van der Waals surface area contributed by atoms with Gasteiger partial charge in [-0.25, -0.2) is 4.79 Å². The van der Waals surface area contributed by atoms with E-state index in [1.165, 1.54) is 38.1 Å². The molecule has 0 N–H and O–H groups in total. The molecule has 0 saturated carbocycles. The number of ether oxygens (including phenoxy) is 5. The van der Waals surface area contributed by atoms with E-state index in [2.05, 4.69) is 5.92 Å². The lowest BCUT2D eigenvalue weighted by molar-refractivity contribution is -0.384. The molecule has 1 fully saturated rings. The summed E-state index contributed by atoms with van der Waals surface area (Å²) in [5.74, 6) is 0.747. The number of carbonyl (C=O) groups is 3. The van der Waals surface area contributed by atoms with Gasteiger partial charge in [-0.2, -0.15) is 0 Å². The zero-order chi connectivity index (χ0) is 32.0. The van der Waals surface area contributed by atoms with E-state index < -0.39 is 74.1 Å². The molecule has 2 rings (SSSR count). The quantitative estimate of drug-likeness (QED) is 0.0871. The Labute approximate surface area is 247 Å². The topological polar surface area (TPSA) is 150 Å². The van der Waals surface area contributed by atoms with Gasteiger partial charge in [-0.3, -0.25) is 19.7 Å². The maximum atomic E-state index is 13.0. The van der Waals surface area contributed by atoms with Gasteiger partial charge in [0, 0.05) is 32.4 Å². The minimum atomic E-state index is -2.46. The Morgan fingerprint density at radius 1 is 1.12 bits per heavy atom. The first kappa shape index (κ1) is 34.9. The van der Waals surface area contributed by atoms with Gasteiger partial charge in [-0.1, -0.05) is 26.7 Å². The Morgan fingerprint density at radius 3 is 2.17 bits per heavy atom. The van der Waals surface area contributed by atoms with Crippen molar-refractivity contribution in [2.45, 2.75) is 116 Å². The summed E-state index contributed by atoms with van der Waals surface area (Å²) in [6.07, 6.45) is -0.494. The molecule has 1 heterocycles. The number of terminal acetylenes is 1. The van der Waals surface area contributed by atoms with E-state index in [-0.39, 0.29) is 22.7 Å².